The second-order valence-corrected chi connectivity index (χ2v) is 6.67. The molecule has 1 fully saturated rings. The van der Waals surface area contributed by atoms with E-state index in [9.17, 15) is 0 Å². The third-order valence-corrected chi connectivity index (χ3v) is 5.03. The van der Waals surface area contributed by atoms with Crippen LogP contribution >= 0.6 is 11.3 Å². The fraction of sp³-hybridized carbons (Fsp3) is 0.375. The maximum absolute atomic E-state index is 5.42. The van der Waals surface area contributed by atoms with Crippen LogP contribution in [0.3, 0.4) is 0 Å². The van der Waals surface area contributed by atoms with Crippen LogP contribution in [0.1, 0.15) is 23.5 Å². The Kier molecular flexibility index (Phi) is 4.33. The highest BCUT2D eigenvalue weighted by molar-refractivity contribution is 7.13. The van der Waals surface area contributed by atoms with E-state index >= 15 is 0 Å². The van der Waals surface area contributed by atoms with Crippen LogP contribution in [0.4, 0.5) is 0 Å². The number of thiazole rings is 1. The Balaban J connectivity index is 1.47. The zero-order valence-electron chi connectivity index (χ0n) is 13.3. The van der Waals surface area contributed by atoms with Crippen molar-refractivity contribution in [1.82, 2.24) is 30.3 Å². The molecule has 124 valence electrons. The van der Waals surface area contributed by atoms with Crippen LogP contribution in [-0.2, 0) is 6.42 Å². The van der Waals surface area contributed by atoms with Gasteiger partial charge in [-0.25, -0.2) is 4.98 Å². The fourth-order valence-electron chi connectivity index (χ4n) is 2.73. The van der Waals surface area contributed by atoms with Crippen molar-refractivity contribution >= 4 is 11.3 Å². The van der Waals surface area contributed by atoms with Gasteiger partial charge in [-0.1, -0.05) is 5.16 Å². The highest BCUT2D eigenvalue weighted by atomic mass is 32.1. The van der Waals surface area contributed by atoms with E-state index in [4.69, 9.17) is 4.52 Å². The molecule has 3 aromatic rings. The third kappa shape index (κ3) is 3.21. The molecule has 1 saturated heterocycles. The number of hydrogen-bond donors (Lipinski definition) is 1. The Morgan fingerprint density at radius 2 is 2.38 bits per heavy atom. The van der Waals surface area contributed by atoms with Crippen molar-refractivity contribution in [2.24, 2.45) is 0 Å². The number of rotatable bonds is 4. The number of piperazine rings is 1. The Morgan fingerprint density at radius 3 is 3.21 bits per heavy atom. The molecule has 7 nitrogen and oxygen atoms in total. The van der Waals surface area contributed by atoms with Crippen molar-refractivity contribution in [2.45, 2.75) is 12.5 Å². The molecule has 1 unspecified atom stereocenters. The SMILES string of the molecule is CN1CCNCC1c1noc(Cc2csc(-c3cccnc3)n2)n1. The molecule has 4 heterocycles. The highest BCUT2D eigenvalue weighted by Crippen LogP contribution is 2.24. The topological polar surface area (TPSA) is 80.0 Å². The van der Waals surface area contributed by atoms with Crippen LogP contribution in [0.5, 0.6) is 0 Å². The summed E-state index contributed by atoms with van der Waals surface area (Å²) in [6, 6.07) is 4.08. The summed E-state index contributed by atoms with van der Waals surface area (Å²) in [7, 11) is 2.09. The first-order valence-electron chi connectivity index (χ1n) is 7.88. The van der Waals surface area contributed by atoms with E-state index in [0.29, 0.717) is 12.3 Å². The van der Waals surface area contributed by atoms with Gasteiger partial charge in [0.05, 0.1) is 18.2 Å². The van der Waals surface area contributed by atoms with Crippen molar-refractivity contribution in [3.05, 3.63) is 47.3 Å². The van der Waals surface area contributed by atoms with Gasteiger partial charge in [-0.2, -0.15) is 4.98 Å². The summed E-state index contributed by atoms with van der Waals surface area (Å²) in [5, 5.41) is 10.5. The maximum Gasteiger partial charge on any atom is 0.232 e. The van der Waals surface area contributed by atoms with E-state index in [1.54, 1.807) is 17.5 Å². The molecule has 1 atom stereocenters. The molecule has 1 aliphatic heterocycles. The summed E-state index contributed by atoms with van der Waals surface area (Å²) < 4.78 is 5.42. The van der Waals surface area contributed by atoms with E-state index in [-0.39, 0.29) is 6.04 Å². The van der Waals surface area contributed by atoms with E-state index < -0.39 is 0 Å². The molecule has 0 aromatic carbocycles. The molecule has 3 aromatic heterocycles. The zero-order chi connectivity index (χ0) is 16.4. The third-order valence-electron chi connectivity index (χ3n) is 4.09. The van der Waals surface area contributed by atoms with Gasteiger partial charge in [0.25, 0.3) is 0 Å². The van der Waals surface area contributed by atoms with Crippen molar-refractivity contribution < 1.29 is 4.52 Å². The number of nitrogens with zero attached hydrogens (tertiary/aromatic N) is 5. The van der Waals surface area contributed by atoms with Crippen molar-refractivity contribution in [2.75, 3.05) is 26.7 Å². The van der Waals surface area contributed by atoms with E-state index in [1.807, 2.05) is 23.7 Å². The molecular weight excluding hydrogens is 324 g/mol. The van der Waals surface area contributed by atoms with Gasteiger partial charge in [-0.3, -0.25) is 9.88 Å². The van der Waals surface area contributed by atoms with Gasteiger partial charge >= 0.3 is 0 Å². The molecule has 0 saturated carbocycles. The van der Waals surface area contributed by atoms with Gasteiger partial charge in [-0.05, 0) is 19.2 Å². The first kappa shape index (κ1) is 15.4. The predicted octanol–water partition coefficient (Wildman–Crippen LogP) is 1.75. The second-order valence-electron chi connectivity index (χ2n) is 5.81. The lowest BCUT2D eigenvalue weighted by atomic mass is 10.2. The number of pyridine rings is 1. The molecule has 1 N–H and O–H groups in total. The van der Waals surface area contributed by atoms with Crippen LogP contribution in [0.25, 0.3) is 10.6 Å². The summed E-state index contributed by atoms with van der Waals surface area (Å²) >= 11 is 1.60. The molecule has 0 bridgehead atoms. The number of aromatic nitrogens is 4. The maximum atomic E-state index is 5.42. The Labute approximate surface area is 143 Å². The molecule has 8 heteroatoms. The molecule has 0 radical (unpaired) electrons. The minimum atomic E-state index is 0.164. The van der Waals surface area contributed by atoms with Gasteiger partial charge in [0, 0.05) is 43.0 Å². The van der Waals surface area contributed by atoms with Gasteiger partial charge in [0.15, 0.2) is 5.82 Å². The quantitative estimate of drug-likeness (QED) is 0.774. The summed E-state index contributed by atoms with van der Waals surface area (Å²) in [5.74, 6) is 1.34. The summed E-state index contributed by atoms with van der Waals surface area (Å²) in [4.78, 5) is 15.6. The first-order chi connectivity index (χ1) is 11.8. The molecule has 0 amide bonds. The molecule has 4 rings (SSSR count). The first-order valence-corrected chi connectivity index (χ1v) is 8.76. The van der Waals surface area contributed by atoms with Crippen LogP contribution in [0.15, 0.2) is 34.4 Å². The van der Waals surface area contributed by atoms with Crippen molar-refractivity contribution in [3.8, 4) is 10.6 Å². The summed E-state index contributed by atoms with van der Waals surface area (Å²) in [6.07, 6.45) is 4.13. The standard InChI is InChI=1S/C16H18N6OS/c1-22-6-5-18-9-13(22)15-20-14(23-21-15)7-12-10-24-16(19-12)11-3-2-4-17-8-11/h2-4,8,10,13,18H,5-7,9H2,1H3. The normalized spacial score (nSPS) is 18.8. The Bertz CT molecular complexity index is 802. The average molecular weight is 342 g/mol. The second kappa shape index (κ2) is 6.76. The number of hydrogen-bond acceptors (Lipinski definition) is 8. The molecule has 0 spiro atoms. The van der Waals surface area contributed by atoms with Gasteiger partial charge < -0.3 is 9.84 Å². The fourth-order valence-corrected chi connectivity index (χ4v) is 3.54. The lowest BCUT2D eigenvalue weighted by molar-refractivity contribution is 0.190. The van der Waals surface area contributed by atoms with Crippen LogP contribution in [0.2, 0.25) is 0 Å². The Morgan fingerprint density at radius 1 is 1.42 bits per heavy atom. The van der Waals surface area contributed by atoms with Crippen LogP contribution < -0.4 is 5.32 Å². The lowest BCUT2D eigenvalue weighted by Gasteiger charge is -2.30. The van der Waals surface area contributed by atoms with Gasteiger partial charge in [0.2, 0.25) is 5.89 Å². The van der Waals surface area contributed by atoms with E-state index in [0.717, 1.165) is 41.7 Å². The van der Waals surface area contributed by atoms with E-state index in [1.165, 1.54) is 0 Å². The molecule has 1 aliphatic rings. The minimum Gasteiger partial charge on any atom is -0.339 e. The van der Waals surface area contributed by atoms with Crippen LogP contribution in [0, 0.1) is 0 Å². The summed E-state index contributed by atoms with van der Waals surface area (Å²) in [6.45, 7) is 2.82. The number of likely N-dealkylation sites (N-methyl/N-ethyl adjacent to an activating group) is 1. The average Bonchev–Trinajstić information content (AvgIpc) is 3.26. The highest BCUT2D eigenvalue weighted by Gasteiger charge is 2.25. The van der Waals surface area contributed by atoms with Crippen molar-refractivity contribution in [1.29, 1.82) is 0 Å². The predicted molar refractivity (Wildman–Crippen MR) is 90.7 cm³/mol. The molecule has 24 heavy (non-hydrogen) atoms. The van der Waals surface area contributed by atoms with Gasteiger partial charge in [-0.15, -0.1) is 11.3 Å². The molecule has 0 aliphatic carbocycles. The summed E-state index contributed by atoms with van der Waals surface area (Å²) in [5.41, 5.74) is 1.96. The van der Waals surface area contributed by atoms with E-state index in [2.05, 4.69) is 37.4 Å². The minimum absolute atomic E-state index is 0.164. The largest absolute Gasteiger partial charge is 0.339 e. The number of nitrogens with one attached hydrogen (secondary N) is 1. The Hall–Kier alpha value is -2.16. The monoisotopic (exact) mass is 342 g/mol. The smallest absolute Gasteiger partial charge is 0.232 e. The molecular formula is C16H18N6OS. The van der Waals surface area contributed by atoms with Gasteiger partial charge in [0.1, 0.15) is 5.01 Å². The van der Waals surface area contributed by atoms with Crippen molar-refractivity contribution in [3.63, 3.8) is 0 Å². The zero-order valence-corrected chi connectivity index (χ0v) is 14.2. The van der Waals surface area contributed by atoms with Crippen LogP contribution in [-0.4, -0.2) is 51.7 Å². The lowest BCUT2D eigenvalue weighted by Crippen LogP contribution is -2.44.